The normalized spacial score (nSPS) is 11.5. The molecule has 178 valence electrons. The highest BCUT2D eigenvalue weighted by Crippen LogP contribution is 2.24. The first-order valence-electron chi connectivity index (χ1n) is 12.7. The van der Waals surface area contributed by atoms with Gasteiger partial charge in [0.25, 0.3) is 0 Å². The van der Waals surface area contributed by atoms with Crippen LogP contribution in [-0.4, -0.2) is 21.0 Å². The number of imidazole rings is 1. The molecule has 0 spiro atoms. The number of fused-ring (bicyclic) bond motifs is 1. The Hall–Kier alpha value is -2.98. The Morgan fingerprint density at radius 1 is 0.824 bits per heavy atom. The van der Waals surface area contributed by atoms with Crippen molar-refractivity contribution >= 4 is 10.8 Å². The lowest BCUT2D eigenvalue weighted by Gasteiger charge is -2.24. The molecular formula is C30H36FN3. The third-order valence-corrected chi connectivity index (χ3v) is 6.44. The largest absolute Gasteiger partial charge is 0.327 e. The van der Waals surface area contributed by atoms with Gasteiger partial charge in [0, 0.05) is 25.2 Å². The molecule has 4 aromatic rings. The van der Waals surface area contributed by atoms with Crippen LogP contribution in [0.1, 0.15) is 57.2 Å². The molecule has 4 heteroatoms. The highest BCUT2D eigenvalue weighted by atomic mass is 19.1. The van der Waals surface area contributed by atoms with Crippen LogP contribution >= 0.6 is 0 Å². The maximum absolute atomic E-state index is 13.9. The zero-order valence-electron chi connectivity index (χ0n) is 20.5. The van der Waals surface area contributed by atoms with Gasteiger partial charge >= 0.3 is 0 Å². The van der Waals surface area contributed by atoms with Gasteiger partial charge in [0.15, 0.2) is 0 Å². The van der Waals surface area contributed by atoms with Crippen LogP contribution in [0.5, 0.6) is 0 Å². The number of benzene rings is 3. The minimum Gasteiger partial charge on any atom is -0.327 e. The minimum atomic E-state index is -0.221. The van der Waals surface area contributed by atoms with Gasteiger partial charge in [0.2, 0.25) is 0 Å². The van der Waals surface area contributed by atoms with Crippen molar-refractivity contribution < 1.29 is 4.39 Å². The average Bonchev–Trinajstić information content (AvgIpc) is 3.25. The van der Waals surface area contributed by atoms with Crippen molar-refractivity contribution in [3.63, 3.8) is 0 Å². The van der Waals surface area contributed by atoms with Gasteiger partial charge in [-0.3, -0.25) is 4.90 Å². The molecule has 0 unspecified atom stereocenters. The Balaban J connectivity index is 1.60. The van der Waals surface area contributed by atoms with Crippen molar-refractivity contribution in [2.45, 2.75) is 65.6 Å². The third-order valence-electron chi connectivity index (χ3n) is 6.44. The molecule has 0 aliphatic heterocycles. The fourth-order valence-corrected chi connectivity index (χ4v) is 4.58. The van der Waals surface area contributed by atoms with Crippen molar-refractivity contribution in [1.29, 1.82) is 0 Å². The van der Waals surface area contributed by atoms with E-state index in [1.54, 1.807) is 12.1 Å². The second-order valence-corrected chi connectivity index (χ2v) is 9.19. The quantitative estimate of drug-likeness (QED) is 0.202. The van der Waals surface area contributed by atoms with Gasteiger partial charge < -0.3 is 4.57 Å². The SMILES string of the molecule is CCCCCN(Cc1ccc2ccccc2c1)Cc1cnc(-c2cccc(F)c2)n1CCCC. The third kappa shape index (κ3) is 6.12. The molecule has 1 heterocycles. The van der Waals surface area contributed by atoms with Crippen molar-refractivity contribution in [3.05, 3.63) is 90.0 Å². The van der Waals surface area contributed by atoms with Crippen LogP contribution in [0.2, 0.25) is 0 Å². The summed E-state index contributed by atoms with van der Waals surface area (Å²) in [6, 6.07) is 22.1. The van der Waals surface area contributed by atoms with E-state index in [1.807, 2.05) is 12.3 Å². The number of unbranched alkanes of at least 4 members (excludes halogenated alkanes) is 3. The lowest BCUT2D eigenvalue weighted by Crippen LogP contribution is -2.25. The van der Waals surface area contributed by atoms with Gasteiger partial charge in [-0.05, 0) is 53.9 Å². The molecule has 4 rings (SSSR count). The Bertz CT molecular complexity index is 1200. The highest BCUT2D eigenvalue weighted by molar-refractivity contribution is 5.82. The molecule has 0 aliphatic carbocycles. The summed E-state index contributed by atoms with van der Waals surface area (Å²) in [7, 11) is 0. The van der Waals surface area contributed by atoms with E-state index < -0.39 is 0 Å². The van der Waals surface area contributed by atoms with Crippen molar-refractivity contribution in [3.8, 4) is 11.4 Å². The van der Waals surface area contributed by atoms with Crippen LogP contribution in [0.25, 0.3) is 22.2 Å². The molecule has 0 amide bonds. The summed E-state index contributed by atoms with van der Waals surface area (Å²) >= 11 is 0. The number of aromatic nitrogens is 2. The van der Waals surface area contributed by atoms with E-state index in [4.69, 9.17) is 4.98 Å². The van der Waals surface area contributed by atoms with E-state index in [2.05, 4.69) is 65.8 Å². The molecule has 0 N–H and O–H groups in total. The minimum absolute atomic E-state index is 0.221. The van der Waals surface area contributed by atoms with Gasteiger partial charge in [0.05, 0.1) is 11.9 Å². The van der Waals surface area contributed by atoms with E-state index in [1.165, 1.54) is 47.4 Å². The van der Waals surface area contributed by atoms with E-state index in [9.17, 15) is 4.39 Å². The number of rotatable bonds is 12. The number of hydrogen-bond donors (Lipinski definition) is 0. The molecule has 3 nitrogen and oxygen atoms in total. The Morgan fingerprint density at radius 2 is 1.65 bits per heavy atom. The van der Waals surface area contributed by atoms with Crippen LogP contribution in [-0.2, 0) is 19.6 Å². The van der Waals surface area contributed by atoms with Crippen LogP contribution in [0, 0.1) is 5.82 Å². The first-order chi connectivity index (χ1) is 16.7. The predicted molar refractivity (Wildman–Crippen MR) is 140 cm³/mol. The maximum Gasteiger partial charge on any atom is 0.140 e. The second kappa shape index (κ2) is 11.9. The molecule has 3 aromatic carbocycles. The standard InChI is InChI=1S/C30H36FN3/c1-3-5-9-17-33(22-24-15-16-25-11-7-8-12-26(25)19-24)23-29-21-32-30(34(29)18-6-4-2)27-13-10-14-28(31)20-27/h7-8,10-16,19-21H,3-6,9,17-18,22-23H2,1-2H3. The van der Waals surface area contributed by atoms with Gasteiger partial charge in [-0.1, -0.05) is 81.6 Å². The molecule has 0 aliphatic rings. The molecule has 0 saturated carbocycles. The first kappa shape index (κ1) is 24.2. The smallest absolute Gasteiger partial charge is 0.140 e. The monoisotopic (exact) mass is 457 g/mol. The first-order valence-corrected chi connectivity index (χ1v) is 12.7. The van der Waals surface area contributed by atoms with Gasteiger partial charge in [0.1, 0.15) is 11.6 Å². The second-order valence-electron chi connectivity index (χ2n) is 9.19. The molecule has 0 saturated heterocycles. The number of halogens is 1. The van der Waals surface area contributed by atoms with Crippen LogP contribution in [0.15, 0.2) is 72.9 Å². The summed E-state index contributed by atoms with van der Waals surface area (Å²) in [6.07, 6.45) is 7.80. The van der Waals surface area contributed by atoms with E-state index in [-0.39, 0.29) is 5.82 Å². The van der Waals surface area contributed by atoms with Gasteiger partial charge in [-0.25, -0.2) is 9.37 Å². The summed E-state index contributed by atoms with van der Waals surface area (Å²) in [4.78, 5) is 7.28. The Labute approximate surface area is 203 Å². The zero-order valence-corrected chi connectivity index (χ0v) is 20.5. The molecule has 34 heavy (non-hydrogen) atoms. The van der Waals surface area contributed by atoms with Crippen molar-refractivity contribution in [2.75, 3.05) is 6.54 Å². The van der Waals surface area contributed by atoms with Crippen LogP contribution in [0.4, 0.5) is 4.39 Å². The Morgan fingerprint density at radius 3 is 2.44 bits per heavy atom. The summed E-state index contributed by atoms with van der Waals surface area (Å²) in [5.74, 6) is 0.642. The molecular weight excluding hydrogens is 421 g/mol. The predicted octanol–water partition coefficient (Wildman–Crippen LogP) is 7.83. The van der Waals surface area contributed by atoms with Crippen LogP contribution in [0.3, 0.4) is 0 Å². The molecule has 0 radical (unpaired) electrons. The molecule has 1 aromatic heterocycles. The zero-order chi connectivity index (χ0) is 23.8. The molecule has 0 bridgehead atoms. The fourth-order valence-electron chi connectivity index (χ4n) is 4.58. The number of hydrogen-bond acceptors (Lipinski definition) is 2. The molecule has 0 fully saturated rings. The van der Waals surface area contributed by atoms with Gasteiger partial charge in [-0.2, -0.15) is 0 Å². The average molecular weight is 458 g/mol. The Kier molecular flexibility index (Phi) is 8.48. The summed E-state index contributed by atoms with van der Waals surface area (Å²) in [6.45, 7) is 8.14. The van der Waals surface area contributed by atoms with Crippen LogP contribution < -0.4 is 0 Å². The van der Waals surface area contributed by atoms with E-state index in [0.29, 0.717) is 0 Å². The fraction of sp³-hybridized carbons (Fsp3) is 0.367. The van der Waals surface area contributed by atoms with E-state index in [0.717, 1.165) is 50.4 Å². The summed E-state index contributed by atoms with van der Waals surface area (Å²) < 4.78 is 16.2. The summed E-state index contributed by atoms with van der Waals surface area (Å²) in [5, 5.41) is 2.57. The number of nitrogens with zero attached hydrogens (tertiary/aromatic N) is 3. The van der Waals surface area contributed by atoms with E-state index >= 15 is 0 Å². The lowest BCUT2D eigenvalue weighted by atomic mass is 10.1. The van der Waals surface area contributed by atoms with Crippen molar-refractivity contribution in [2.24, 2.45) is 0 Å². The maximum atomic E-state index is 13.9. The van der Waals surface area contributed by atoms with Gasteiger partial charge in [-0.15, -0.1) is 0 Å². The summed E-state index contributed by atoms with van der Waals surface area (Å²) in [5.41, 5.74) is 3.37. The molecule has 0 atom stereocenters. The topological polar surface area (TPSA) is 21.1 Å². The lowest BCUT2D eigenvalue weighted by molar-refractivity contribution is 0.244. The highest BCUT2D eigenvalue weighted by Gasteiger charge is 2.16. The van der Waals surface area contributed by atoms with Crippen molar-refractivity contribution in [1.82, 2.24) is 14.5 Å².